The minimum absolute atomic E-state index is 0.237. The van der Waals surface area contributed by atoms with E-state index in [4.69, 9.17) is 5.73 Å². The molecule has 0 saturated carbocycles. The highest BCUT2D eigenvalue weighted by Gasteiger charge is 2.21. The van der Waals surface area contributed by atoms with Crippen molar-refractivity contribution in [3.63, 3.8) is 0 Å². The third-order valence-electron chi connectivity index (χ3n) is 4.16. The molecule has 0 radical (unpaired) electrons. The molecule has 1 unspecified atom stereocenters. The number of nitrogens with two attached hydrogens (primary N) is 1. The lowest BCUT2D eigenvalue weighted by atomic mass is 10.1. The van der Waals surface area contributed by atoms with Crippen molar-refractivity contribution in [1.82, 2.24) is 25.5 Å². The SMILES string of the molecule is Cc1n[nH]c(C)c1C(N)C(=O)NCCCc1nc2ccc(F)cc2[nH]1. The summed E-state index contributed by atoms with van der Waals surface area (Å²) in [5, 5.41) is 9.72. The van der Waals surface area contributed by atoms with Crippen LogP contribution in [-0.2, 0) is 11.2 Å². The predicted molar refractivity (Wildman–Crippen MR) is 92.4 cm³/mol. The number of nitrogens with one attached hydrogen (secondary N) is 3. The maximum atomic E-state index is 13.2. The smallest absolute Gasteiger partial charge is 0.241 e. The lowest BCUT2D eigenvalue weighted by molar-refractivity contribution is -0.122. The zero-order chi connectivity index (χ0) is 18.0. The fourth-order valence-corrected chi connectivity index (χ4v) is 2.88. The van der Waals surface area contributed by atoms with E-state index in [1.165, 1.54) is 12.1 Å². The van der Waals surface area contributed by atoms with Gasteiger partial charge < -0.3 is 16.0 Å². The van der Waals surface area contributed by atoms with E-state index < -0.39 is 6.04 Å². The molecule has 7 nitrogen and oxygen atoms in total. The molecule has 3 aromatic rings. The fourth-order valence-electron chi connectivity index (χ4n) is 2.88. The van der Waals surface area contributed by atoms with Crippen LogP contribution in [0.25, 0.3) is 11.0 Å². The van der Waals surface area contributed by atoms with Crippen molar-refractivity contribution in [2.45, 2.75) is 32.7 Å². The Balaban J connectivity index is 1.51. The second-order valence-corrected chi connectivity index (χ2v) is 6.06. The van der Waals surface area contributed by atoms with Gasteiger partial charge in [0.15, 0.2) is 0 Å². The van der Waals surface area contributed by atoms with Crippen molar-refractivity contribution in [2.24, 2.45) is 5.73 Å². The average molecular weight is 344 g/mol. The first-order valence-electron chi connectivity index (χ1n) is 8.14. The molecular formula is C17H21FN6O. The summed E-state index contributed by atoms with van der Waals surface area (Å²) in [6.07, 6.45) is 1.35. The molecule has 0 saturated heterocycles. The standard InChI is InChI=1S/C17H21FN6O/c1-9-15(10(2)24-23-9)16(19)17(25)20-7-3-4-14-21-12-6-5-11(18)8-13(12)22-14/h5-6,8,16H,3-4,7,19H2,1-2H3,(H,20,25)(H,21,22)(H,23,24). The zero-order valence-electron chi connectivity index (χ0n) is 14.2. The van der Waals surface area contributed by atoms with Gasteiger partial charge in [-0.1, -0.05) is 0 Å². The van der Waals surface area contributed by atoms with E-state index in [9.17, 15) is 9.18 Å². The first kappa shape index (κ1) is 17.1. The van der Waals surface area contributed by atoms with Gasteiger partial charge in [-0.05, 0) is 38.5 Å². The topological polar surface area (TPSA) is 112 Å². The largest absolute Gasteiger partial charge is 0.354 e. The molecule has 0 bridgehead atoms. The molecule has 0 spiro atoms. The van der Waals surface area contributed by atoms with Gasteiger partial charge in [0.1, 0.15) is 17.7 Å². The molecule has 8 heteroatoms. The summed E-state index contributed by atoms with van der Waals surface area (Å²) in [7, 11) is 0. The lowest BCUT2D eigenvalue weighted by Crippen LogP contribution is -2.35. The van der Waals surface area contributed by atoms with Gasteiger partial charge in [0.25, 0.3) is 0 Å². The molecule has 0 aliphatic heterocycles. The molecule has 2 aromatic heterocycles. The van der Waals surface area contributed by atoms with Crippen molar-refractivity contribution in [3.05, 3.63) is 46.8 Å². The molecule has 3 rings (SSSR count). The molecule has 2 heterocycles. The van der Waals surface area contributed by atoms with Gasteiger partial charge in [0, 0.05) is 24.2 Å². The van der Waals surface area contributed by atoms with Crippen LogP contribution in [0, 0.1) is 19.7 Å². The van der Waals surface area contributed by atoms with Gasteiger partial charge in [-0.15, -0.1) is 0 Å². The van der Waals surface area contributed by atoms with E-state index >= 15 is 0 Å². The highest BCUT2D eigenvalue weighted by Crippen LogP contribution is 2.17. The van der Waals surface area contributed by atoms with E-state index in [-0.39, 0.29) is 11.7 Å². The Bertz CT molecular complexity index is 880. The number of carbonyl (C=O) groups is 1. The number of hydrogen-bond donors (Lipinski definition) is 4. The molecule has 1 aromatic carbocycles. The van der Waals surface area contributed by atoms with Crippen molar-refractivity contribution in [3.8, 4) is 0 Å². The molecule has 1 atom stereocenters. The molecule has 25 heavy (non-hydrogen) atoms. The van der Waals surface area contributed by atoms with Gasteiger partial charge >= 0.3 is 0 Å². The van der Waals surface area contributed by atoms with Gasteiger partial charge in [0.2, 0.25) is 5.91 Å². The number of H-pyrrole nitrogens is 2. The number of benzene rings is 1. The molecule has 132 valence electrons. The van der Waals surface area contributed by atoms with E-state index in [2.05, 4.69) is 25.5 Å². The van der Waals surface area contributed by atoms with Gasteiger partial charge in [-0.2, -0.15) is 5.10 Å². The Morgan fingerprint density at radius 2 is 2.20 bits per heavy atom. The average Bonchev–Trinajstić information content (AvgIpc) is 3.13. The van der Waals surface area contributed by atoms with Crippen LogP contribution in [0.4, 0.5) is 4.39 Å². The van der Waals surface area contributed by atoms with Gasteiger partial charge in [-0.3, -0.25) is 9.89 Å². The Morgan fingerprint density at radius 1 is 1.40 bits per heavy atom. The first-order valence-corrected chi connectivity index (χ1v) is 8.14. The summed E-state index contributed by atoms with van der Waals surface area (Å²) in [4.78, 5) is 19.7. The van der Waals surface area contributed by atoms with Gasteiger partial charge in [-0.25, -0.2) is 9.37 Å². The monoisotopic (exact) mass is 344 g/mol. The third-order valence-corrected chi connectivity index (χ3v) is 4.16. The van der Waals surface area contributed by atoms with Crippen LogP contribution in [0.3, 0.4) is 0 Å². The van der Waals surface area contributed by atoms with Crippen LogP contribution in [0.1, 0.15) is 35.2 Å². The number of rotatable bonds is 6. The van der Waals surface area contributed by atoms with E-state index in [0.717, 1.165) is 28.3 Å². The highest BCUT2D eigenvalue weighted by molar-refractivity contribution is 5.83. The summed E-state index contributed by atoms with van der Waals surface area (Å²) < 4.78 is 13.2. The molecule has 0 aliphatic rings. The van der Waals surface area contributed by atoms with Crippen molar-refractivity contribution in [1.29, 1.82) is 0 Å². The number of nitrogens with zero attached hydrogens (tertiary/aromatic N) is 2. The Hall–Kier alpha value is -2.74. The van der Waals surface area contributed by atoms with Crippen LogP contribution >= 0.6 is 0 Å². The number of carbonyl (C=O) groups excluding carboxylic acids is 1. The number of hydrogen-bond acceptors (Lipinski definition) is 4. The second kappa shape index (κ2) is 7.02. The number of aromatic amines is 2. The summed E-state index contributed by atoms with van der Waals surface area (Å²) >= 11 is 0. The minimum atomic E-state index is -0.743. The summed E-state index contributed by atoms with van der Waals surface area (Å²) in [5.41, 5.74) is 9.69. The van der Waals surface area contributed by atoms with Crippen LogP contribution < -0.4 is 11.1 Å². The first-order chi connectivity index (χ1) is 12.0. The van der Waals surface area contributed by atoms with E-state index in [1.54, 1.807) is 6.07 Å². The Kier molecular flexibility index (Phi) is 4.80. The second-order valence-electron chi connectivity index (χ2n) is 6.06. The maximum Gasteiger partial charge on any atom is 0.241 e. The van der Waals surface area contributed by atoms with E-state index in [1.807, 2.05) is 13.8 Å². The van der Waals surface area contributed by atoms with Gasteiger partial charge in [0.05, 0.1) is 16.7 Å². The summed E-state index contributed by atoms with van der Waals surface area (Å²) in [6.45, 7) is 4.14. The lowest BCUT2D eigenvalue weighted by Gasteiger charge is -2.12. The third kappa shape index (κ3) is 3.69. The zero-order valence-corrected chi connectivity index (χ0v) is 14.2. The highest BCUT2D eigenvalue weighted by atomic mass is 19.1. The summed E-state index contributed by atoms with van der Waals surface area (Å²) in [5.74, 6) is 0.230. The summed E-state index contributed by atoms with van der Waals surface area (Å²) in [6, 6.07) is 3.70. The number of halogens is 1. The number of aryl methyl sites for hydroxylation is 3. The fraction of sp³-hybridized carbons (Fsp3) is 0.353. The van der Waals surface area contributed by atoms with E-state index in [0.29, 0.717) is 24.9 Å². The quantitative estimate of drug-likeness (QED) is 0.511. The number of fused-ring (bicyclic) bond motifs is 1. The van der Waals surface area contributed by atoms with Crippen LogP contribution in [-0.4, -0.2) is 32.6 Å². The van der Waals surface area contributed by atoms with Crippen LogP contribution in [0.15, 0.2) is 18.2 Å². The number of aromatic nitrogens is 4. The number of amides is 1. The maximum absolute atomic E-state index is 13.2. The predicted octanol–water partition coefficient (Wildman–Crippen LogP) is 1.79. The normalized spacial score (nSPS) is 12.5. The molecule has 5 N–H and O–H groups in total. The van der Waals surface area contributed by atoms with Crippen molar-refractivity contribution >= 4 is 16.9 Å². The van der Waals surface area contributed by atoms with Crippen LogP contribution in [0.5, 0.6) is 0 Å². The Labute approximate surface area is 144 Å². The van der Waals surface area contributed by atoms with Crippen molar-refractivity contribution in [2.75, 3.05) is 6.54 Å². The van der Waals surface area contributed by atoms with Crippen molar-refractivity contribution < 1.29 is 9.18 Å². The molecule has 0 fully saturated rings. The Morgan fingerprint density at radius 3 is 2.92 bits per heavy atom. The molecule has 0 aliphatic carbocycles. The molecule has 1 amide bonds. The van der Waals surface area contributed by atoms with Crippen LogP contribution in [0.2, 0.25) is 0 Å². The molecular weight excluding hydrogens is 323 g/mol. The minimum Gasteiger partial charge on any atom is -0.354 e. The number of imidazole rings is 1.